The van der Waals surface area contributed by atoms with Gasteiger partial charge in [0.05, 0.1) is 11.4 Å². The lowest BCUT2D eigenvalue weighted by molar-refractivity contribution is 0.350. The second-order valence-corrected chi connectivity index (χ2v) is 6.12. The number of hydrogen-bond donors (Lipinski definition) is 1. The maximum atomic E-state index is 12.0. The van der Waals surface area contributed by atoms with Crippen LogP contribution in [-0.4, -0.2) is 32.4 Å². The van der Waals surface area contributed by atoms with Gasteiger partial charge in [-0.15, -0.1) is 0 Å². The van der Waals surface area contributed by atoms with Crippen LogP contribution in [0.3, 0.4) is 0 Å². The smallest absolute Gasteiger partial charge is 0.235 e. The van der Waals surface area contributed by atoms with E-state index in [1.54, 1.807) is 24.3 Å². The molecule has 1 heterocycles. The quantitative estimate of drug-likeness (QED) is 0.769. The molecular formula is C13H15NO3S. The van der Waals surface area contributed by atoms with Crippen LogP contribution in [0, 0.1) is 11.8 Å². The van der Waals surface area contributed by atoms with Crippen molar-refractivity contribution in [3.8, 4) is 11.8 Å². The maximum absolute atomic E-state index is 12.0. The molecule has 4 nitrogen and oxygen atoms in total. The van der Waals surface area contributed by atoms with Crippen LogP contribution < -0.4 is 4.31 Å². The molecule has 1 fully saturated rings. The normalized spacial score (nSPS) is 17.9. The molecule has 1 N–H and O–H groups in total. The fourth-order valence-electron chi connectivity index (χ4n) is 1.96. The number of aliphatic hydroxyl groups is 1. The molecule has 0 unspecified atom stereocenters. The summed E-state index contributed by atoms with van der Waals surface area (Å²) in [6.45, 7) is 0.325. The van der Waals surface area contributed by atoms with E-state index in [4.69, 9.17) is 5.11 Å². The van der Waals surface area contributed by atoms with Gasteiger partial charge in [-0.05, 0) is 31.0 Å². The summed E-state index contributed by atoms with van der Waals surface area (Å²) in [5.74, 6) is 5.54. The third-order valence-corrected chi connectivity index (χ3v) is 4.66. The Hall–Kier alpha value is -1.51. The number of nitrogens with zero attached hydrogens (tertiary/aromatic N) is 1. The summed E-state index contributed by atoms with van der Waals surface area (Å²) in [6, 6.07) is 7.09. The zero-order chi connectivity index (χ0) is 13.0. The highest BCUT2D eigenvalue weighted by Gasteiger charge is 2.25. The topological polar surface area (TPSA) is 57.6 Å². The first-order valence-corrected chi connectivity index (χ1v) is 7.44. The first kappa shape index (κ1) is 12.9. The van der Waals surface area contributed by atoms with Gasteiger partial charge in [-0.1, -0.05) is 17.9 Å². The summed E-state index contributed by atoms with van der Waals surface area (Å²) >= 11 is 0. The molecule has 1 saturated heterocycles. The molecule has 0 amide bonds. The van der Waals surface area contributed by atoms with E-state index in [0.717, 1.165) is 12.8 Å². The van der Waals surface area contributed by atoms with E-state index < -0.39 is 10.0 Å². The molecule has 0 aliphatic carbocycles. The molecule has 96 valence electrons. The molecule has 1 aliphatic heterocycles. The molecule has 1 aliphatic rings. The fraction of sp³-hybridized carbons (Fsp3) is 0.385. The third kappa shape index (κ3) is 2.84. The van der Waals surface area contributed by atoms with Gasteiger partial charge in [0.2, 0.25) is 10.0 Å². The van der Waals surface area contributed by atoms with Crippen molar-refractivity contribution in [2.24, 2.45) is 0 Å². The van der Waals surface area contributed by atoms with Gasteiger partial charge in [-0.2, -0.15) is 0 Å². The number of anilines is 1. The van der Waals surface area contributed by atoms with Gasteiger partial charge in [-0.3, -0.25) is 4.31 Å². The van der Waals surface area contributed by atoms with Crippen molar-refractivity contribution in [2.45, 2.75) is 12.8 Å². The molecule has 18 heavy (non-hydrogen) atoms. The number of benzene rings is 1. The minimum Gasteiger partial charge on any atom is -0.384 e. The SMILES string of the molecule is O=S1(=O)CCCCN1c1cccc(C#CCO)c1. The fourth-order valence-corrected chi connectivity index (χ4v) is 3.59. The van der Waals surface area contributed by atoms with Crippen molar-refractivity contribution in [3.63, 3.8) is 0 Å². The van der Waals surface area contributed by atoms with Crippen LogP contribution >= 0.6 is 0 Å². The maximum Gasteiger partial charge on any atom is 0.235 e. The van der Waals surface area contributed by atoms with Gasteiger partial charge >= 0.3 is 0 Å². The van der Waals surface area contributed by atoms with Crippen LogP contribution in [0.15, 0.2) is 24.3 Å². The Bertz CT molecular complexity index is 584. The second-order valence-electron chi connectivity index (χ2n) is 4.11. The second kappa shape index (κ2) is 5.42. The highest BCUT2D eigenvalue weighted by Crippen LogP contribution is 2.23. The van der Waals surface area contributed by atoms with Crippen molar-refractivity contribution < 1.29 is 13.5 Å². The molecule has 0 radical (unpaired) electrons. The van der Waals surface area contributed by atoms with E-state index in [1.807, 2.05) is 0 Å². The van der Waals surface area contributed by atoms with Crippen molar-refractivity contribution in [3.05, 3.63) is 29.8 Å². The van der Waals surface area contributed by atoms with E-state index in [9.17, 15) is 8.42 Å². The Morgan fingerprint density at radius 2 is 2.17 bits per heavy atom. The number of aliphatic hydroxyl groups excluding tert-OH is 1. The molecule has 5 heteroatoms. The summed E-state index contributed by atoms with van der Waals surface area (Å²) in [6.07, 6.45) is 1.61. The van der Waals surface area contributed by atoms with Crippen molar-refractivity contribution in [1.82, 2.24) is 0 Å². The Balaban J connectivity index is 2.33. The van der Waals surface area contributed by atoms with Crippen LogP contribution in [0.1, 0.15) is 18.4 Å². The highest BCUT2D eigenvalue weighted by molar-refractivity contribution is 7.92. The van der Waals surface area contributed by atoms with Crippen molar-refractivity contribution >= 4 is 15.7 Å². The van der Waals surface area contributed by atoms with E-state index in [1.165, 1.54) is 4.31 Å². The number of sulfonamides is 1. The van der Waals surface area contributed by atoms with Gasteiger partial charge in [0.1, 0.15) is 6.61 Å². The van der Waals surface area contributed by atoms with Gasteiger partial charge in [-0.25, -0.2) is 8.42 Å². The minimum atomic E-state index is -3.18. The van der Waals surface area contributed by atoms with Gasteiger partial charge in [0.25, 0.3) is 0 Å². The Morgan fingerprint density at radius 3 is 2.89 bits per heavy atom. The lowest BCUT2D eigenvalue weighted by Gasteiger charge is -2.28. The van der Waals surface area contributed by atoms with Crippen molar-refractivity contribution in [1.29, 1.82) is 0 Å². The lowest BCUT2D eigenvalue weighted by Crippen LogP contribution is -2.37. The predicted molar refractivity (Wildman–Crippen MR) is 70.8 cm³/mol. The Kier molecular flexibility index (Phi) is 3.90. The standard InChI is InChI=1S/C13H15NO3S/c15-9-4-6-12-5-3-7-13(11-12)14-8-1-2-10-18(14,16)17/h3,5,7,11,15H,1-2,8-10H2. The van der Waals surface area contributed by atoms with E-state index >= 15 is 0 Å². The van der Waals surface area contributed by atoms with Gasteiger partial charge < -0.3 is 5.11 Å². The van der Waals surface area contributed by atoms with Crippen LogP contribution in [0.4, 0.5) is 5.69 Å². The van der Waals surface area contributed by atoms with Crippen LogP contribution in [0.25, 0.3) is 0 Å². The summed E-state index contributed by atoms with van der Waals surface area (Å²) in [7, 11) is -3.18. The van der Waals surface area contributed by atoms with E-state index in [-0.39, 0.29) is 12.4 Å². The largest absolute Gasteiger partial charge is 0.384 e. The third-order valence-electron chi connectivity index (χ3n) is 2.80. The first-order chi connectivity index (χ1) is 8.63. The molecule has 1 aromatic carbocycles. The zero-order valence-electron chi connectivity index (χ0n) is 9.96. The van der Waals surface area contributed by atoms with Crippen LogP contribution in [0.5, 0.6) is 0 Å². The lowest BCUT2D eigenvalue weighted by atomic mass is 10.2. The Morgan fingerprint density at radius 1 is 1.33 bits per heavy atom. The summed E-state index contributed by atoms with van der Waals surface area (Å²) in [5, 5.41) is 8.65. The van der Waals surface area contributed by atoms with Crippen LogP contribution in [-0.2, 0) is 10.0 Å². The Labute approximate surface area is 107 Å². The van der Waals surface area contributed by atoms with E-state index in [2.05, 4.69) is 11.8 Å². The molecule has 0 saturated carbocycles. The van der Waals surface area contributed by atoms with Crippen molar-refractivity contribution in [2.75, 3.05) is 23.2 Å². The molecule has 0 bridgehead atoms. The molecule has 0 atom stereocenters. The summed E-state index contributed by atoms with van der Waals surface area (Å²) in [5.41, 5.74) is 1.36. The molecular weight excluding hydrogens is 250 g/mol. The zero-order valence-corrected chi connectivity index (χ0v) is 10.8. The first-order valence-electron chi connectivity index (χ1n) is 5.84. The molecule has 2 rings (SSSR count). The highest BCUT2D eigenvalue weighted by atomic mass is 32.2. The van der Waals surface area contributed by atoms with Gasteiger partial charge in [0.15, 0.2) is 0 Å². The average molecular weight is 265 g/mol. The number of rotatable bonds is 1. The number of hydrogen-bond acceptors (Lipinski definition) is 3. The summed E-state index contributed by atoms with van der Waals surface area (Å²) < 4.78 is 25.4. The predicted octanol–water partition coefficient (Wildman–Crippen LogP) is 0.960. The monoisotopic (exact) mass is 265 g/mol. The minimum absolute atomic E-state index is 0.202. The summed E-state index contributed by atoms with van der Waals surface area (Å²) in [4.78, 5) is 0. The van der Waals surface area contributed by atoms with E-state index in [0.29, 0.717) is 17.8 Å². The van der Waals surface area contributed by atoms with Gasteiger partial charge in [0, 0.05) is 12.1 Å². The molecule has 1 aromatic rings. The molecule has 0 spiro atoms. The molecule has 0 aromatic heterocycles. The van der Waals surface area contributed by atoms with Crippen LogP contribution in [0.2, 0.25) is 0 Å². The average Bonchev–Trinajstić information content (AvgIpc) is 2.36.